The van der Waals surface area contributed by atoms with E-state index in [1.807, 2.05) is 19.9 Å². The standard InChI is InChI=1S/C12H16Br2N2O2/c1-4-16(5-2)12(17)15-10-7-11(18-3)9(14)6-8(10)13/h6-7H,4-5H2,1-3H3,(H,15,17). The van der Waals surface area contributed by atoms with Gasteiger partial charge in [-0.3, -0.25) is 0 Å². The second-order valence-electron chi connectivity index (χ2n) is 3.57. The minimum absolute atomic E-state index is 0.120. The van der Waals surface area contributed by atoms with Crippen LogP contribution in [0.15, 0.2) is 21.1 Å². The van der Waals surface area contributed by atoms with Gasteiger partial charge in [-0.15, -0.1) is 0 Å². The molecule has 0 unspecified atom stereocenters. The number of methoxy groups -OCH3 is 1. The fourth-order valence-corrected chi connectivity index (χ4v) is 2.74. The van der Waals surface area contributed by atoms with Crippen LogP contribution in [0.2, 0.25) is 0 Å². The molecule has 0 aromatic heterocycles. The van der Waals surface area contributed by atoms with Crippen molar-refractivity contribution in [3.8, 4) is 5.75 Å². The SMILES string of the molecule is CCN(CC)C(=O)Nc1cc(OC)c(Br)cc1Br. The van der Waals surface area contributed by atoms with Crippen LogP contribution in [0.4, 0.5) is 10.5 Å². The Hall–Kier alpha value is -0.750. The Balaban J connectivity index is 2.93. The van der Waals surface area contributed by atoms with Crippen molar-refractivity contribution in [1.82, 2.24) is 4.90 Å². The molecule has 0 bridgehead atoms. The Morgan fingerprint density at radius 2 is 1.89 bits per heavy atom. The van der Waals surface area contributed by atoms with Crippen LogP contribution in [0.5, 0.6) is 5.75 Å². The number of urea groups is 1. The molecule has 0 fully saturated rings. The summed E-state index contributed by atoms with van der Waals surface area (Å²) in [7, 11) is 1.59. The Labute approximate surface area is 124 Å². The average molecular weight is 380 g/mol. The molecule has 0 radical (unpaired) electrons. The maximum absolute atomic E-state index is 12.0. The van der Waals surface area contributed by atoms with Crippen molar-refractivity contribution in [3.63, 3.8) is 0 Å². The largest absolute Gasteiger partial charge is 0.495 e. The lowest BCUT2D eigenvalue weighted by Gasteiger charge is -2.20. The van der Waals surface area contributed by atoms with Crippen LogP contribution in [-0.2, 0) is 0 Å². The van der Waals surface area contributed by atoms with Crippen LogP contribution >= 0.6 is 31.9 Å². The van der Waals surface area contributed by atoms with Crippen molar-refractivity contribution in [2.24, 2.45) is 0 Å². The van der Waals surface area contributed by atoms with Gasteiger partial charge in [0, 0.05) is 23.6 Å². The molecule has 0 spiro atoms. The zero-order chi connectivity index (χ0) is 13.7. The van der Waals surface area contributed by atoms with E-state index >= 15 is 0 Å². The first-order valence-electron chi connectivity index (χ1n) is 5.62. The van der Waals surface area contributed by atoms with Crippen molar-refractivity contribution >= 4 is 43.6 Å². The summed E-state index contributed by atoms with van der Waals surface area (Å²) < 4.78 is 6.84. The number of carbonyl (C=O) groups excluding carboxylic acids is 1. The third kappa shape index (κ3) is 3.62. The smallest absolute Gasteiger partial charge is 0.321 e. The summed E-state index contributed by atoms with van der Waals surface area (Å²) in [6, 6.07) is 3.50. The van der Waals surface area contributed by atoms with Crippen LogP contribution in [0.3, 0.4) is 0 Å². The summed E-state index contributed by atoms with van der Waals surface area (Å²) in [6.45, 7) is 5.24. The maximum Gasteiger partial charge on any atom is 0.321 e. The topological polar surface area (TPSA) is 41.6 Å². The number of nitrogens with zero attached hydrogens (tertiary/aromatic N) is 1. The first-order chi connectivity index (χ1) is 8.53. The predicted octanol–water partition coefficient (Wildman–Crippen LogP) is 4.09. The van der Waals surface area contributed by atoms with Crippen LogP contribution in [0.25, 0.3) is 0 Å². The molecule has 0 aliphatic carbocycles. The van der Waals surface area contributed by atoms with Crippen LogP contribution in [-0.4, -0.2) is 31.1 Å². The van der Waals surface area contributed by atoms with Crippen LogP contribution in [0, 0.1) is 0 Å². The lowest BCUT2D eigenvalue weighted by molar-refractivity contribution is 0.217. The Morgan fingerprint density at radius 3 is 2.39 bits per heavy atom. The van der Waals surface area contributed by atoms with E-state index in [-0.39, 0.29) is 6.03 Å². The monoisotopic (exact) mass is 378 g/mol. The number of benzene rings is 1. The van der Waals surface area contributed by atoms with Crippen molar-refractivity contribution in [1.29, 1.82) is 0 Å². The number of ether oxygens (including phenoxy) is 1. The van der Waals surface area contributed by atoms with E-state index in [0.717, 1.165) is 8.95 Å². The first kappa shape index (κ1) is 15.3. The number of anilines is 1. The molecule has 0 aliphatic heterocycles. The van der Waals surface area contributed by atoms with Gasteiger partial charge in [-0.2, -0.15) is 0 Å². The van der Waals surface area contributed by atoms with Crippen molar-refractivity contribution in [2.75, 3.05) is 25.5 Å². The summed E-state index contributed by atoms with van der Waals surface area (Å²) in [4.78, 5) is 13.7. The highest BCUT2D eigenvalue weighted by Crippen LogP contribution is 2.34. The van der Waals surface area contributed by atoms with Crippen molar-refractivity contribution in [2.45, 2.75) is 13.8 Å². The molecule has 0 saturated heterocycles. The molecule has 100 valence electrons. The number of hydrogen-bond acceptors (Lipinski definition) is 2. The molecule has 18 heavy (non-hydrogen) atoms. The molecule has 1 rings (SSSR count). The van der Waals surface area contributed by atoms with Gasteiger partial charge in [-0.05, 0) is 51.8 Å². The van der Waals surface area contributed by atoms with E-state index in [4.69, 9.17) is 4.74 Å². The second kappa shape index (κ2) is 6.99. The van der Waals surface area contributed by atoms with E-state index in [9.17, 15) is 4.79 Å². The van der Waals surface area contributed by atoms with E-state index in [2.05, 4.69) is 37.2 Å². The average Bonchev–Trinajstić information content (AvgIpc) is 2.34. The minimum atomic E-state index is -0.120. The summed E-state index contributed by atoms with van der Waals surface area (Å²) in [6.07, 6.45) is 0. The number of halogens is 2. The van der Waals surface area contributed by atoms with Gasteiger partial charge < -0.3 is 15.0 Å². The van der Waals surface area contributed by atoms with E-state index in [1.165, 1.54) is 0 Å². The molecule has 6 heteroatoms. The van der Waals surface area contributed by atoms with Crippen LogP contribution < -0.4 is 10.1 Å². The number of nitrogens with one attached hydrogen (secondary N) is 1. The minimum Gasteiger partial charge on any atom is -0.495 e. The predicted molar refractivity (Wildman–Crippen MR) is 80.3 cm³/mol. The van der Waals surface area contributed by atoms with Crippen molar-refractivity contribution in [3.05, 3.63) is 21.1 Å². The highest BCUT2D eigenvalue weighted by atomic mass is 79.9. The summed E-state index contributed by atoms with van der Waals surface area (Å²) >= 11 is 6.80. The molecule has 0 saturated carbocycles. The maximum atomic E-state index is 12.0. The van der Waals surface area contributed by atoms with E-state index in [0.29, 0.717) is 24.5 Å². The lowest BCUT2D eigenvalue weighted by Crippen LogP contribution is -2.34. The van der Waals surface area contributed by atoms with Gasteiger partial charge in [0.25, 0.3) is 0 Å². The molecule has 0 atom stereocenters. The van der Waals surface area contributed by atoms with Gasteiger partial charge in [0.05, 0.1) is 17.3 Å². The first-order valence-corrected chi connectivity index (χ1v) is 7.21. The van der Waals surface area contributed by atoms with E-state index < -0.39 is 0 Å². The van der Waals surface area contributed by atoms with Gasteiger partial charge in [0.15, 0.2) is 0 Å². The van der Waals surface area contributed by atoms with Gasteiger partial charge in [0.1, 0.15) is 5.75 Å². The second-order valence-corrected chi connectivity index (χ2v) is 5.28. The molecular weight excluding hydrogens is 364 g/mol. The normalized spacial score (nSPS) is 10.1. The van der Waals surface area contributed by atoms with E-state index in [1.54, 1.807) is 18.1 Å². The van der Waals surface area contributed by atoms with Gasteiger partial charge in [-0.1, -0.05) is 0 Å². The summed E-state index contributed by atoms with van der Waals surface area (Å²) in [5.41, 5.74) is 0.687. The Kier molecular flexibility index (Phi) is 5.95. The quantitative estimate of drug-likeness (QED) is 0.855. The third-order valence-electron chi connectivity index (χ3n) is 2.53. The molecule has 1 N–H and O–H groups in total. The molecule has 2 amide bonds. The highest BCUT2D eigenvalue weighted by Gasteiger charge is 2.13. The Morgan fingerprint density at radius 1 is 1.28 bits per heavy atom. The lowest BCUT2D eigenvalue weighted by atomic mass is 10.3. The molecule has 1 aromatic rings. The zero-order valence-electron chi connectivity index (χ0n) is 10.6. The molecule has 0 aliphatic rings. The fraction of sp³-hybridized carbons (Fsp3) is 0.417. The molecule has 1 aromatic carbocycles. The van der Waals surface area contributed by atoms with Gasteiger partial charge in [-0.25, -0.2) is 4.79 Å². The number of rotatable bonds is 4. The molecule has 0 heterocycles. The highest BCUT2D eigenvalue weighted by molar-refractivity contribution is 9.11. The van der Waals surface area contributed by atoms with Crippen molar-refractivity contribution < 1.29 is 9.53 Å². The fourth-order valence-electron chi connectivity index (χ4n) is 1.49. The summed E-state index contributed by atoms with van der Waals surface area (Å²) in [5, 5.41) is 2.85. The molecule has 4 nitrogen and oxygen atoms in total. The number of amides is 2. The third-order valence-corrected chi connectivity index (χ3v) is 3.81. The van der Waals surface area contributed by atoms with Gasteiger partial charge >= 0.3 is 6.03 Å². The van der Waals surface area contributed by atoms with Gasteiger partial charge in [0.2, 0.25) is 0 Å². The number of carbonyl (C=O) groups is 1. The number of hydrogen-bond donors (Lipinski definition) is 1. The van der Waals surface area contributed by atoms with Crippen LogP contribution in [0.1, 0.15) is 13.8 Å². The Bertz CT molecular complexity index is 434. The zero-order valence-corrected chi connectivity index (χ0v) is 13.8. The summed E-state index contributed by atoms with van der Waals surface area (Å²) in [5.74, 6) is 0.674. The molecular formula is C12H16Br2N2O2.